The number of hydrogen-bond acceptors (Lipinski definition) is 8. The van der Waals surface area contributed by atoms with Gasteiger partial charge in [0.1, 0.15) is 12.0 Å². The number of fused-ring (bicyclic) bond motifs is 1. The molecular weight excluding hydrogens is 634 g/mol. The van der Waals surface area contributed by atoms with Gasteiger partial charge in [-0.25, -0.2) is 9.97 Å². The molecule has 0 saturated heterocycles. The summed E-state index contributed by atoms with van der Waals surface area (Å²) in [4.78, 5) is 32.8. The van der Waals surface area contributed by atoms with Crippen LogP contribution in [0.4, 0.5) is 5.69 Å². The molecule has 0 aliphatic heterocycles. The number of halogens is 2. The van der Waals surface area contributed by atoms with Crippen LogP contribution in [0.5, 0.6) is 17.4 Å². The Balaban J connectivity index is 1.52. The quantitative estimate of drug-likeness (QED) is 0.120. The smallest absolute Gasteiger partial charge is 0.287 e. The highest BCUT2D eigenvalue weighted by atomic mass is 79.9. The van der Waals surface area contributed by atoms with E-state index >= 15 is 0 Å². The highest BCUT2D eigenvalue weighted by molar-refractivity contribution is 9.10. The van der Waals surface area contributed by atoms with Crippen LogP contribution in [0.15, 0.2) is 67.5 Å². The number of rotatable bonds is 7. The van der Waals surface area contributed by atoms with Crippen molar-refractivity contribution in [3.05, 3.63) is 89.5 Å². The molecule has 0 atom stereocenters. The molecule has 39 heavy (non-hydrogen) atoms. The zero-order chi connectivity index (χ0) is 27.5. The van der Waals surface area contributed by atoms with Crippen LogP contribution in [0.1, 0.15) is 49.4 Å². The van der Waals surface area contributed by atoms with Gasteiger partial charge in [0.2, 0.25) is 5.88 Å². The molecule has 0 spiro atoms. The molecule has 10 nitrogen and oxygen atoms in total. The molecule has 1 fully saturated rings. The number of ether oxygens (including phenoxy) is 2. The predicted molar refractivity (Wildman–Crippen MR) is 154 cm³/mol. The lowest BCUT2D eigenvalue weighted by Gasteiger charge is -2.22. The Bertz CT molecular complexity index is 1630. The Morgan fingerprint density at radius 3 is 2.59 bits per heavy atom. The predicted octanol–water partition coefficient (Wildman–Crippen LogP) is 6.96. The third kappa shape index (κ3) is 5.86. The van der Waals surface area contributed by atoms with Crippen LogP contribution in [-0.4, -0.2) is 32.9 Å². The number of methoxy groups -OCH3 is 1. The van der Waals surface area contributed by atoms with Gasteiger partial charge in [-0.15, -0.1) is 0 Å². The first kappa shape index (κ1) is 26.9. The third-order valence-corrected chi connectivity index (χ3v) is 7.73. The summed E-state index contributed by atoms with van der Waals surface area (Å²) >= 11 is 6.99. The van der Waals surface area contributed by atoms with Crippen LogP contribution in [0.25, 0.3) is 10.9 Å². The number of pyridine rings is 1. The van der Waals surface area contributed by atoms with Gasteiger partial charge in [0, 0.05) is 32.6 Å². The molecule has 1 aliphatic carbocycles. The van der Waals surface area contributed by atoms with E-state index in [9.17, 15) is 14.9 Å². The zero-order valence-electron chi connectivity index (χ0n) is 20.8. The standard InChI is InChI=1S/C27H23Br2N5O5/c1-38-23-11-17(21(29)13-24(23)39-25-10-8-19(15-30-25)34(36)37)14-31-33-26(16-5-3-2-4-6-16)32-22-9-7-18(28)12-20(22)27(33)35/h7-16H,2-6H2,1H3. The second kappa shape index (κ2) is 11.6. The highest BCUT2D eigenvalue weighted by Gasteiger charge is 2.23. The minimum atomic E-state index is -0.531. The van der Waals surface area contributed by atoms with Crippen LogP contribution < -0.4 is 15.0 Å². The zero-order valence-corrected chi connectivity index (χ0v) is 24.0. The summed E-state index contributed by atoms with van der Waals surface area (Å²) in [5, 5.41) is 16.0. The monoisotopic (exact) mass is 655 g/mol. The van der Waals surface area contributed by atoms with Crippen LogP contribution in [0, 0.1) is 10.1 Å². The van der Waals surface area contributed by atoms with E-state index in [1.165, 1.54) is 30.3 Å². The fraction of sp³-hybridized carbons (Fsp3) is 0.259. The van der Waals surface area contributed by atoms with Crippen molar-refractivity contribution >= 4 is 54.7 Å². The molecule has 0 bridgehead atoms. The maximum Gasteiger partial charge on any atom is 0.287 e. The maximum atomic E-state index is 13.6. The second-order valence-electron chi connectivity index (χ2n) is 9.07. The highest BCUT2D eigenvalue weighted by Crippen LogP contribution is 2.36. The van der Waals surface area contributed by atoms with E-state index in [1.807, 2.05) is 12.1 Å². The molecule has 2 heterocycles. The second-order valence-corrected chi connectivity index (χ2v) is 10.8. The molecule has 12 heteroatoms. The first-order valence-corrected chi connectivity index (χ1v) is 13.8. The summed E-state index contributed by atoms with van der Waals surface area (Å²) < 4.78 is 14.2. The molecule has 2 aromatic carbocycles. The molecule has 0 N–H and O–H groups in total. The van der Waals surface area contributed by atoms with E-state index in [4.69, 9.17) is 14.5 Å². The molecule has 0 amide bonds. The molecule has 1 saturated carbocycles. The fourth-order valence-electron chi connectivity index (χ4n) is 4.57. The van der Waals surface area contributed by atoms with E-state index in [0.29, 0.717) is 38.3 Å². The Labute approximate surface area is 240 Å². The van der Waals surface area contributed by atoms with Gasteiger partial charge < -0.3 is 9.47 Å². The lowest BCUT2D eigenvalue weighted by atomic mass is 9.88. The average molecular weight is 657 g/mol. The van der Waals surface area contributed by atoms with Gasteiger partial charge in [0.15, 0.2) is 11.5 Å². The molecule has 5 rings (SSSR count). The van der Waals surface area contributed by atoms with Crippen molar-refractivity contribution in [3.63, 3.8) is 0 Å². The van der Waals surface area contributed by atoms with Gasteiger partial charge in [-0.05, 0) is 59.1 Å². The van der Waals surface area contributed by atoms with Crippen molar-refractivity contribution in [1.82, 2.24) is 14.6 Å². The summed E-state index contributed by atoms with van der Waals surface area (Å²) in [5.74, 6) is 1.72. The Morgan fingerprint density at radius 2 is 1.90 bits per heavy atom. The summed E-state index contributed by atoms with van der Waals surface area (Å²) in [6.07, 6.45) is 8.00. The van der Waals surface area contributed by atoms with Crippen molar-refractivity contribution in [2.45, 2.75) is 38.0 Å². The SMILES string of the molecule is COc1cc(C=Nn2c(C3CCCCC3)nc3ccc(Br)cc3c2=O)c(Br)cc1Oc1ccc([N+](=O)[O-])cn1. The Hall–Kier alpha value is -3.64. The summed E-state index contributed by atoms with van der Waals surface area (Å²) in [6, 6.07) is 11.6. The molecule has 2 aromatic heterocycles. The molecular formula is C27H23Br2N5O5. The number of benzene rings is 2. The minimum absolute atomic E-state index is 0.138. The number of nitro groups is 1. The Morgan fingerprint density at radius 1 is 1.10 bits per heavy atom. The lowest BCUT2D eigenvalue weighted by Crippen LogP contribution is -2.25. The lowest BCUT2D eigenvalue weighted by molar-refractivity contribution is -0.385. The van der Waals surface area contributed by atoms with Crippen LogP contribution in [-0.2, 0) is 0 Å². The molecule has 4 aromatic rings. The number of aromatic nitrogens is 3. The number of nitrogens with zero attached hydrogens (tertiary/aromatic N) is 5. The van der Waals surface area contributed by atoms with E-state index in [1.54, 1.807) is 24.4 Å². The first-order chi connectivity index (χ1) is 18.8. The van der Waals surface area contributed by atoms with Crippen LogP contribution in [0.2, 0.25) is 0 Å². The maximum absolute atomic E-state index is 13.6. The third-order valence-electron chi connectivity index (χ3n) is 6.55. The first-order valence-electron chi connectivity index (χ1n) is 12.3. The summed E-state index contributed by atoms with van der Waals surface area (Å²) in [7, 11) is 1.50. The van der Waals surface area contributed by atoms with Crippen molar-refractivity contribution in [1.29, 1.82) is 0 Å². The van der Waals surface area contributed by atoms with Gasteiger partial charge >= 0.3 is 0 Å². The van der Waals surface area contributed by atoms with Crippen molar-refractivity contribution in [2.75, 3.05) is 7.11 Å². The fourth-order valence-corrected chi connectivity index (χ4v) is 5.35. The summed E-state index contributed by atoms with van der Waals surface area (Å²) in [6.45, 7) is 0. The van der Waals surface area contributed by atoms with Crippen molar-refractivity contribution in [2.24, 2.45) is 5.10 Å². The van der Waals surface area contributed by atoms with E-state index in [0.717, 1.165) is 36.4 Å². The van der Waals surface area contributed by atoms with Crippen molar-refractivity contribution in [3.8, 4) is 17.4 Å². The molecule has 0 unspecified atom stereocenters. The van der Waals surface area contributed by atoms with Gasteiger partial charge in [-0.3, -0.25) is 14.9 Å². The molecule has 0 radical (unpaired) electrons. The molecule has 200 valence electrons. The van der Waals surface area contributed by atoms with Crippen molar-refractivity contribution < 1.29 is 14.4 Å². The minimum Gasteiger partial charge on any atom is -0.493 e. The van der Waals surface area contributed by atoms with Gasteiger partial charge in [0.25, 0.3) is 11.2 Å². The van der Waals surface area contributed by atoms with Crippen LogP contribution >= 0.6 is 31.9 Å². The average Bonchev–Trinajstić information content (AvgIpc) is 2.94. The van der Waals surface area contributed by atoms with Gasteiger partial charge in [0.05, 0.1) is 29.2 Å². The summed E-state index contributed by atoms with van der Waals surface area (Å²) in [5.41, 5.74) is 0.928. The van der Waals surface area contributed by atoms with E-state index in [-0.39, 0.29) is 23.0 Å². The normalized spacial score (nSPS) is 14.1. The molecule has 1 aliphatic rings. The van der Waals surface area contributed by atoms with E-state index in [2.05, 4.69) is 41.9 Å². The van der Waals surface area contributed by atoms with E-state index < -0.39 is 4.92 Å². The Kier molecular flexibility index (Phi) is 8.03. The van der Waals surface area contributed by atoms with Gasteiger partial charge in [-0.1, -0.05) is 35.2 Å². The van der Waals surface area contributed by atoms with Crippen LogP contribution in [0.3, 0.4) is 0 Å². The topological polar surface area (TPSA) is 122 Å². The number of hydrogen-bond donors (Lipinski definition) is 0. The largest absolute Gasteiger partial charge is 0.493 e. The van der Waals surface area contributed by atoms with Gasteiger partial charge in [-0.2, -0.15) is 9.78 Å².